The summed E-state index contributed by atoms with van der Waals surface area (Å²) in [4.78, 5) is 1.37. The molecule has 0 aliphatic carbocycles. The van der Waals surface area contributed by atoms with Gasteiger partial charge in [0, 0.05) is 10.3 Å². The minimum absolute atomic E-state index is 0.395. The van der Waals surface area contributed by atoms with Gasteiger partial charge >= 0.3 is 0 Å². The van der Waals surface area contributed by atoms with E-state index in [0.717, 1.165) is 6.42 Å². The van der Waals surface area contributed by atoms with Crippen LogP contribution in [0.1, 0.15) is 39.0 Å². The molecule has 1 unspecified atom stereocenters. The summed E-state index contributed by atoms with van der Waals surface area (Å²) in [5.74, 6) is 1.21. The third kappa shape index (κ3) is 6.44. The van der Waals surface area contributed by atoms with Crippen molar-refractivity contribution in [3.63, 3.8) is 0 Å². The van der Waals surface area contributed by atoms with Crippen molar-refractivity contribution in [1.82, 2.24) is 0 Å². The van der Waals surface area contributed by atoms with E-state index >= 15 is 0 Å². The van der Waals surface area contributed by atoms with Crippen LogP contribution in [0.3, 0.4) is 0 Å². The molecule has 0 amide bonds. The molecule has 0 aromatic heterocycles. The monoisotopic (exact) mass is 256 g/mol. The highest BCUT2D eigenvalue weighted by molar-refractivity contribution is 7.99. The van der Waals surface area contributed by atoms with Crippen LogP contribution in [0.5, 0.6) is 0 Å². The van der Waals surface area contributed by atoms with E-state index in [-0.39, 0.29) is 0 Å². The minimum Gasteiger partial charge on any atom is -0.126 e. The van der Waals surface area contributed by atoms with Gasteiger partial charge in [0.25, 0.3) is 0 Å². The highest BCUT2D eigenvalue weighted by Crippen LogP contribution is 2.20. The van der Waals surface area contributed by atoms with Crippen molar-refractivity contribution in [2.75, 3.05) is 5.75 Å². The molecule has 0 saturated heterocycles. The van der Waals surface area contributed by atoms with Crippen LogP contribution in [-0.4, -0.2) is 11.1 Å². The lowest BCUT2D eigenvalue weighted by Crippen LogP contribution is -1.97. The van der Waals surface area contributed by atoms with E-state index in [4.69, 9.17) is 11.6 Å². The molecule has 90 valence electrons. The van der Waals surface area contributed by atoms with Crippen LogP contribution in [0, 0.1) is 0 Å². The van der Waals surface area contributed by atoms with Gasteiger partial charge in [-0.25, -0.2) is 0 Å². The molecule has 1 atom stereocenters. The van der Waals surface area contributed by atoms with Crippen molar-refractivity contribution < 1.29 is 0 Å². The van der Waals surface area contributed by atoms with E-state index in [1.807, 2.05) is 11.8 Å². The summed E-state index contributed by atoms with van der Waals surface area (Å²) in [7, 11) is 0. The number of alkyl halides is 1. The molecular formula is C14H21ClS. The topological polar surface area (TPSA) is 0 Å². The van der Waals surface area contributed by atoms with Gasteiger partial charge in [0.15, 0.2) is 0 Å². The highest BCUT2D eigenvalue weighted by atomic mass is 35.5. The maximum Gasteiger partial charge on any atom is 0.0336 e. The van der Waals surface area contributed by atoms with E-state index in [1.54, 1.807) is 0 Å². The minimum atomic E-state index is 0.395. The van der Waals surface area contributed by atoms with Crippen molar-refractivity contribution in [1.29, 1.82) is 0 Å². The predicted molar refractivity (Wildman–Crippen MR) is 75.6 cm³/mol. The molecule has 16 heavy (non-hydrogen) atoms. The third-order valence-electron chi connectivity index (χ3n) is 2.53. The van der Waals surface area contributed by atoms with Crippen LogP contribution in [0.15, 0.2) is 35.2 Å². The number of rotatable bonds is 8. The summed E-state index contributed by atoms with van der Waals surface area (Å²) in [6.45, 7) is 2.20. The summed E-state index contributed by atoms with van der Waals surface area (Å²) in [6.07, 6.45) is 6.06. The molecule has 0 saturated carbocycles. The first-order valence-electron chi connectivity index (χ1n) is 6.15. The summed E-state index contributed by atoms with van der Waals surface area (Å²) in [5, 5.41) is 0.395. The molecule has 0 aliphatic rings. The Bertz CT molecular complexity index is 261. The molecule has 1 aromatic carbocycles. The van der Waals surface area contributed by atoms with Crippen molar-refractivity contribution >= 4 is 23.4 Å². The lowest BCUT2D eigenvalue weighted by atomic mass is 10.1. The van der Waals surface area contributed by atoms with E-state index in [1.165, 1.54) is 36.3 Å². The number of hydrogen-bond donors (Lipinski definition) is 0. The molecule has 0 radical (unpaired) electrons. The second-order valence-corrected chi connectivity index (χ2v) is 5.83. The lowest BCUT2D eigenvalue weighted by Gasteiger charge is -2.07. The molecule has 1 rings (SSSR count). The number of thioether (sulfide) groups is 1. The van der Waals surface area contributed by atoms with Crippen molar-refractivity contribution in [3.05, 3.63) is 30.3 Å². The largest absolute Gasteiger partial charge is 0.126 e. The van der Waals surface area contributed by atoms with Gasteiger partial charge in [-0.3, -0.25) is 0 Å². The van der Waals surface area contributed by atoms with Crippen LogP contribution in [0.4, 0.5) is 0 Å². The maximum absolute atomic E-state index is 6.17. The number of unbranched alkanes of at least 4 members (excludes halogenated alkanes) is 1. The van der Waals surface area contributed by atoms with Crippen LogP contribution < -0.4 is 0 Å². The molecule has 2 heteroatoms. The number of benzene rings is 1. The average Bonchev–Trinajstić information content (AvgIpc) is 2.30. The van der Waals surface area contributed by atoms with Gasteiger partial charge in [0.1, 0.15) is 0 Å². The standard InChI is InChI=1S/C14H21ClS/c1-2-8-13(15)9-6-7-12-16-14-10-4-3-5-11-14/h3-5,10-11,13H,2,6-9,12H2,1H3. The van der Waals surface area contributed by atoms with Gasteiger partial charge in [-0.2, -0.15) is 0 Å². The second kappa shape index (κ2) is 8.95. The number of halogens is 1. The van der Waals surface area contributed by atoms with Gasteiger partial charge in [0.05, 0.1) is 0 Å². The normalized spacial score (nSPS) is 12.6. The van der Waals surface area contributed by atoms with Crippen molar-refractivity contribution in [2.24, 2.45) is 0 Å². The first-order valence-corrected chi connectivity index (χ1v) is 7.57. The summed E-state index contributed by atoms with van der Waals surface area (Å²) in [6, 6.07) is 10.6. The van der Waals surface area contributed by atoms with Crippen molar-refractivity contribution in [3.8, 4) is 0 Å². The fraction of sp³-hybridized carbons (Fsp3) is 0.571. The molecular weight excluding hydrogens is 236 g/mol. The predicted octanol–water partition coefficient (Wildman–Crippen LogP) is 5.36. The molecule has 0 N–H and O–H groups in total. The maximum atomic E-state index is 6.17. The van der Waals surface area contributed by atoms with E-state index in [2.05, 4.69) is 37.3 Å². The van der Waals surface area contributed by atoms with Crippen LogP contribution in [0.25, 0.3) is 0 Å². The van der Waals surface area contributed by atoms with E-state index in [9.17, 15) is 0 Å². The van der Waals surface area contributed by atoms with Crippen LogP contribution >= 0.6 is 23.4 Å². The summed E-state index contributed by atoms with van der Waals surface area (Å²) >= 11 is 8.11. The first-order chi connectivity index (χ1) is 7.83. The summed E-state index contributed by atoms with van der Waals surface area (Å²) in [5.41, 5.74) is 0. The van der Waals surface area contributed by atoms with Gasteiger partial charge in [-0.05, 0) is 37.1 Å². The Hall–Kier alpha value is -0.140. The molecule has 0 heterocycles. The molecule has 0 aliphatic heterocycles. The Kier molecular flexibility index (Phi) is 7.79. The zero-order chi connectivity index (χ0) is 11.6. The fourth-order valence-corrected chi connectivity index (χ4v) is 2.94. The molecule has 0 spiro atoms. The number of hydrogen-bond acceptors (Lipinski definition) is 1. The molecule has 0 fully saturated rings. The van der Waals surface area contributed by atoms with Gasteiger partial charge in [-0.15, -0.1) is 23.4 Å². The molecule has 0 bridgehead atoms. The Morgan fingerprint density at radius 1 is 1.12 bits per heavy atom. The molecule has 1 aromatic rings. The zero-order valence-electron chi connectivity index (χ0n) is 9.99. The Labute approximate surface area is 109 Å². The Morgan fingerprint density at radius 3 is 2.56 bits per heavy atom. The second-order valence-electron chi connectivity index (χ2n) is 4.04. The van der Waals surface area contributed by atoms with Crippen LogP contribution in [0.2, 0.25) is 0 Å². The SMILES string of the molecule is CCCC(Cl)CCCCSc1ccccc1. The average molecular weight is 257 g/mol. The Morgan fingerprint density at radius 2 is 1.88 bits per heavy atom. The van der Waals surface area contributed by atoms with Gasteiger partial charge in [-0.1, -0.05) is 38.0 Å². The van der Waals surface area contributed by atoms with Crippen LogP contribution in [-0.2, 0) is 0 Å². The smallest absolute Gasteiger partial charge is 0.0336 e. The fourth-order valence-electron chi connectivity index (χ4n) is 1.63. The quantitative estimate of drug-likeness (QED) is 0.343. The van der Waals surface area contributed by atoms with E-state index < -0.39 is 0 Å². The lowest BCUT2D eigenvalue weighted by molar-refractivity contribution is 0.635. The first kappa shape index (κ1) is 13.9. The third-order valence-corrected chi connectivity index (χ3v) is 4.06. The van der Waals surface area contributed by atoms with Gasteiger partial charge in [0.2, 0.25) is 0 Å². The Balaban J connectivity index is 2.00. The van der Waals surface area contributed by atoms with E-state index in [0.29, 0.717) is 5.38 Å². The zero-order valence-corrected chi connectivity index (χ0v) is 11.6. The van der Waals surface area contributed by atoms with Gasteiger partial charge < -0.3 is 0 Å². The van der Waals surface area contributed by atoms with Crippen molar-refractivity contribution in [2.45, 2.75) is 49.3 Å². The highest BCUT2D eigenvalue weighted by Gasteiger charge is 2.02. The summed E-state index contributed by atoms with van der Waals surface area (Å²) < 4.78 is 0. The molecule has 0 nitrogen and oxygen atoms in total.